The zero-order chi connectivity index (χ0) is 17.5. The van der Waals surface area contributed by atoms with Crippen molar-refractivity contribution in [3.8, 4) is 11.5 Å². The maximum absolute atomic E-state index is 6.15. The minimum absolute atomic E-state index is 0.264. The number of allylic oxidation sites excluding steroid dienone is 1. The van der Waals surface area contributed by atoms with E-state index in [9.17, 15) is 0 Å². The van der Waals surface area contributed by atoms with Crippen LogP contribution in [-0.4, -0.2) is 9.97 Å². The van der Waals surface area contributed by atoms with Gasteiger partial charge in [0.2, 0.25) is 5.89 Å². The van der Waals surface area contributed by atoms with Gasteiger partial charge in [-0.2, -0.15) is 0 Å². The van der Waals surface area contributed by atoms with Crippen LogP contribution in [0.25, 0.3) is 17.5 Å². The van der Waals surface area contributed by atoms with E-state index in [1.807, 2.05) is 12.1 Å². The summed E-state index contributed by atoms with van der Waals surface area (Å²) in [5, 5.41) is 0.548. The first-order valence-electron chi connectivity index (χ1n) is 7.67. The van der Waals surface area contributed by atoms with Crippen molar-refractivity contribution in [3.63, 3.8) is 0 Å². The van der Waals surface area contributed by atoms with Crippen LogP contribution in [0.4, 0.5) is 0 Å². The van der Waals surface area contributed by atoms with E-state index in [1.54, 1.807) is 12.4 Å². The van der Waals surface area contributed by atoms with Gasteiger partial charge in [-0.3, -0.25) is 4.98 Å². The number of hydrogen-bond donors (Lipinski definition) is 0. The summed E-state index contributed by atoms with van der Waals surface area (Å²) in [6.45, 7) is 14.7. The fourth-order valence-corrected chi connectivity index (χ4v) is 2.13. The molecule has 0 aliphatic rings. The van der Waals surface area contributed by atoms with E-state index in [2.05, 4.69) is 56.9 Å². The molecule has 2 heterocycles. The van der Waals surface area contributed by atoms with Crippen LogP contribution in [0.15, 0.2) is 42.1 Å². The van der Waals surface area contributed by atoms with Crippen molar-refractivity contribution in [1.82, 2.24) is 9.97 Å². The topological polar surface area (TPSA) is 38.9 Å². The molecular formula is C19H25ClN2O. The molecule has 0 bridgehead atoms. The molecule has 2 aromatic rings. The Morgan fingerprint density at radius 3 is 2.57 bits per heavy atom. The summed E-state index contributed by atoms with van der Waals surface area (Å²) in [6, 6.07) is 1.82. The normalized spacial score (nSPS) is 11.3. The van der Waals surface area contributed by atoms with E-state index in [1.165, 1.54) is 0 Å². The first-order valence-corrected chi connectivity index (χ1v) is 8.04. The number of oxazole rings is 1. The Morgan fingerprint density at radius 2 is 2.00 bits per heavy atom. The average molecular weight is 333 g/mol. The Balaban J connectivity index is 0.00000127. The van der Waals surface area contributed by atoms with Gasteiger partial charge in [-0.05, 0) is 30.4 Å². The summed E-state index contributed by atoms with van der Waals surface area (Å²) in [5.74, 6) is 1.36. The van der Waals surface area contributed by atoms with Crippen molar-refractivity contribution in [2.45, 2.75) is 40.5 Å². The molecule has 23 heavy (non-hydrogen) atoms. The minimum Gasteiger partial charge on any atom is -0.436 e. The molecule has 0 spiro atoms. The third kappa shape index (κ3) is 5.68. The number of hydrogen-bond acceptors (Lipinski definition) is 3. The summed E-state index contributed by atoms with van der Waals surface area (Å²) in [6.07, 6.45) is 9.24. The highest BCUT2D eigenvalue weighted by Crippen LogP contribution is 2.29. The van der Waals surface area contributed by atoms with E-state index in [0.29, 0.717) is 10.9 Å². The lowest BCUT2D eigenvalue weighted by Gasteiger charge is -2.14. The molecule has 0 radical (unpaired) electrons. The summed E-state index contributed by atoms with van der Waals surface area (Å²) in [4.78, 5) is 8.53. The Kier molecular flexibility index (Phi) is 7.24. The fourth-order valence-electron chi connectivity index (χ4n) is 1.93. The van der Waals surface area contributed by atoms with Crippen LogP contribution in [0.1, 0.15) is 45.6 Å². The van der Waals surface area contributed by atoms with Crippen LogP contribution in [-0.2, 0) is 6.42 Å². The van der Waals surface area contributed by atoms with Crippen molar-refractivity contribution >= 4 is 17.7 Å². The van der Waals surface area contributed by atoms with Gasteiger partial charge in [0.05, 0.1) is 16.3 Å². The second-order valence-corrected chi connectivity index (χ2v) is 6.61. The largest absolute Gasteiger partial charge is 0.436 e. The zero-order valence-electron chi connectivity index (χ0n) is 14.4. The first-order chi connectivity index (χ1) is 10.9. The first kappa shape index (κ1) is 19.2. The van der Waals surface area contributed by atoms with Gasteiger partial charge in [0.25, 0.3) is 0 Å². The van der Waals surface area contributed by atoms with E-state index in [0.717, 1.165) is 29.9 Å². The monoisotopic (exact) mass is 332 g/mol. The zero-order valence-corrected chi connectivity index (χ0v) is 15.2. The standard InChI is InChI=1S/C17H21ClN2O.C2H4/c1-5-14-15(7-6-9-17(2,3)4)21-16(20-14)12-8-10-19-11-13(12)18;1-2/h6-8,10-11H,5,9H2,1-4H3;1-2H2/b7-6-;. The SMILES string of the molecule is C=C.CCc1nc(-c2ccncc2Cl)oc1/C=C\CC(C)(C)C. The summed E-state index contributed by atoms with van der Waals surface area (Å²) in [5.41, 5.74) is 1.99. The average Bonchev–Trinajstić information content (AvgIpc) is 2.91. The third-order valence-electron chi connectivity index (χ3n) is 3.06. The van der Waals surface area contributed by atoms with E-state index >= 15 is 0 Å². The van der Waals surface area contributed by atoms with Gasteiger partial charge in [-0.1, -0.05) is 45.4 Å². The predicted octanol–water partition coefficient (Wildman–Crippen LogP) is 6.20. The van der Waals surface area contributed by atoms with Gasteiger partial charge in [-0.15, -0.1) is 13.2 Å². The lowest BCUT2D eigenvalue weighted by molar-refractivity contribution is 0.421. The Morgan fingerprint density at radius 1 is 1.30 bits per heavy atom. The van der Waals surface area contributed by atoms with Gasteiger partial charge >= 0.3 is 0 Å². The molecule has 0 aromatic carbocycles. The van der Waals surface area contributed by atoms with Crippen LogP contribution < -0.4 is 0 Å². The molecule has 0 atom stereocenters. The highest BCUT2D eigenvalue weighted by atomic mass is 35.5. The van der Waals surface area contributed by atoms with Crippen LogP contribution in [0.3, 0.4) is 0 Å². The minimum atomic E-state index is 0.264. The molecule has 0 aliphatic heterocycles. The van der Waals surface area contributed by atoms with Crippen LogP contribution in [0, 0.1) is 5.41 Å². The Labute approximate surface area is 144 Å². The number of aromatic nitrogens is 2. The third-order valence-corrected chi connectivity index (χ3v) is 3.37. The second-order valence-electron chi connectivity index (χ2n) is 6.21. The lowest BCUT2D eigenvalue weighted by atomic mass is 9.92. The summed E-state index contributed by atoms with van der Waals surface area (Å²) in [7, 11) is 0. The van der Waals surface area contributed by atoms with E-state index in [4.69, 9.17) is 16.0 Å². The molecule has 4 heteroatoms. The van der Waals surface area contributed by atoms with Crippen molar-refractivity contribution in [2.24, 2.45) is 5.41 Å². The number of halogens is 1. The molecule has 0 fully saturated rings. The maximum Gasteiger partial charge on any atom is 0.228 e. The van der Waals surface area contributed by atoms with Crippen molar-refractivity contribution in [3.05, 3.63) is 54.2 Å². The molecule has 0 saturated carbocycles. The quantitative estimate of drug-likeness (QED) is 0.625. The smallest absolute Gasteiger partial charge is 0.228 e. The molecule has 0 unspecified atom stereocenters. The van der Waals surface area contributed by atoms with Crippen LogP contribution in [0.5, 0.6) is 0 Å². The van der Waals surface area contributed by atoms with Gasteiger partial charge in [0.15, 0.2) is 5.76 Å². The lowest BCUT2D eigenvalue weighted by Crippen LogP contribution is -2.01. The number of pyridine rings is 1. The molecular weight excluding hydrogens is 308 g/mol. The van der Waals surface area contributed by atoms with Crippen molar-refractivity contribution < 1.29 is 4.42 Å². The molecule has 124 valence electrons. The van der Waals surface area contributed by atoms with Gasteiger partial charge in [-0.25, -0.2) is 4.98 Å². The number of aryl methyl sites for hydroxylation is 1. The molecule has 0 N–H and O–H groups in total. The molecule has 2 aromatic heterocycles. The molecule has 0 amide bonds. The van der Waals surface area contributed by atoms with Crippen LogP contribution in [0.2, 0.25) is 5.02 Å². The molecule has 2 rings (SSSR count). The van der Waals surface area contributed by atoms with Crippen LogP contribution >= 0.6 is 11.6 Å². The molecule has 0 aliphatic carbocycles. The summed E-state index contributed by atoms with van der Waals surface area (Å²) < 4.78 is 5.88. The Bertz CT molecular complexity index is 654. The highest BCUT2D eigenvalue weighted by molar-refractivity contribution is 6.33. The number of nitrogens with zero attached hydrogens (tertiary/aromatic N) is 2. The van der Waals surface area contributed by atoms with Gasteiger partial charge in [0, 0.05) is 12.4 Å². The maximum atomic E-state index is 6.15. The summed E-state index contributed by atoms with van der Waals surface area (Å²) >= 11 is 6.15. The van der Waals surface area contributed by atoms with E-state index < -0.39 is 0 Å². The predicted molar refractivity (Wildman–Crippen MR) is 98.5 cm³/mol. The molecule has 0 saturated heterocycles. The van der Waals surface area contributed by atoms with Crippen molar-refractivity contribution in [2.75, 3.05) is 0 Å². The van der Waals surface area contributed by atoms with E-state index in [-0.39, 0.29) is 5.41 Å². The van der Waals surface area contributed by atoms with Crippen molar-refractivity contribution in [1.29, 1.82) is 0 Å². The number of rotatable bonds is 4. The highest BCUT2D eigenvalue weighted by Gasteiger charge is 2.14. The second kappa shape index (κ2) is 8.68. The van der Waals surface area contributed by atoms with Gasteiger partial charge in [0.1, 0.15) is 0 Å². The fraction of sp³-hybridized carbons (Fsp3) is 0.368. The molecule has 3 nitrogen and oxygen atoms in total. The Hall–Kier alpha value is -1.87. The van der Waals surface area contributed by atoms with Gasteiger partial charge < -0.3 is 4.42 Å².